The van der Waals surface area contributed by atoms with Crippen molar-refractivity contribution in [3.8, 4) is 0 Å². The standard InChI is InChI=1S/C11H22BNO/c1-3-5-7-9-11(12,13-10-14)8-6-4-2/h10H,3-9H2,1-2H3,(H,13,14). The molecule has 0 aliphatic heterocycles. The fraction of sp³-hybridized carbons (Fsp3) is 0.909. The number of carbonyl (C=O) groups is 1. The van der Waals surface area contributed by atoms with E-state index in [-0.39, 0.29) is 0 Å². The summed E-state index contributed by atoms with van der Waals surface area (Å²) in [5.74, 6) is 0. The van der Waals surface area contributed by atoms with Gasteiger partial charge in [0, 0.05) is 0 Å². The van der Waals surface area contributed by atoms with Crippen LogP contribution >= 0.6 is 0 Å². The van der Waals surface area contributed by atoms with Crippen molar-refractivity contribution in [3.63, 3.8) is 0 Å². The average Bonchev–Trinajstić information content (AvgIpc) is 2.16. The molecule has 0 aliphatic rings. The second-order valence-corrected chi connectivity index (χ2v) is 3.98. The normalized spacial score (nSPS) is 14.7. The summed E-state index contributed by atoms with van der Waals surface area (Å²) in [7, 11) is 6.09. The van der Waals surface area contributed by atoms with E-state index in [0.717, 1.165) is 38.5 Å². The van der Waals surface area contributed by atoms with Crippen molar-refractivity contribution in [1.29, 1.82) is 0 Å². The maximum Gasteiger partial charge on any atom is 0.206 e. The Morgan fingerprint density at radius 1 is 1.14 bits per heavy atom. The number of nitrogens with one attached hydrogen (secondary N) is 1. The van der Waals surface area contributed by atoms with Gasteiger partial charge in [0.05, 0.1) is 0 Å². The van der Waals surface area contributed by atoms with E-state index in [1.165, 1.54) is 12.8 Å². The molecule has 0 aromatic rings. The minimum Gasteiger partial charge on any atom is -0.362 e. The van der Waals surface area contributed by atoms with E-state index in [0.29, 0.717) is 0 Å². The van der Waals surface area contributed by atoms with Crippen molar-refractivity contribution in [1.82, 2.24) is 5.32 Å². The van der Waals surface area contributed by atoms with E-state index in [4.69, 9.17) is 7.85 Å². The summed E-state index contributed by atoms with van der Waals surface area (Å²) in [6.45, 7) is 4.30. The van der Waals surface area contributed by atoms with Gasteiger partial charge in [0.25, 0.3) is 0 Å². The van der Waals surface area contributed by atoms with Gasteiger partial charge < -0.3 is 5.32 Å². The van der Waals surface area contributed by atoms with Gasteiger partial charge in [0.1, 0.15) is 7.85 Å². The van der Waals surface area contributed by atoms with Gasteiger partial charge in [-0.15, -0.1) is 0 Å². The van der Waals surface area contributed by atoms with Crippen LogP contribution in [0.1, 0.15) is 58.8 Å². The molecule has 14 heavy (non-hydrogen) atoms. The second-order valence-electron chi connectivity index (χ2n) is 3.98. The van der Waals surface area contributed by atoms with Crippen molar-refractivity contribution in [2.24, 2.45) is 0 Å². The Morgan fingerprint density at radius 3 is 2.21 bits per heavy atom. The van der Waals surface area contributed by atoms with Gasteiger partial charge in [0.2, 0.25) is 6.41 Å². The molecule has 2 nitrogen and oxygen atoms in total. The Balaban J connectivity index is 3.88. The summed E-state index contributed by atoms with van der Waals surface area (Å²) in [5, 5.41) is 2.75. The van der Waals surface area contributed by atoms with Crippen molar-refractivity contribution >= 4 is 14.3 Å². The first-order valence-electron chi connectivity index (χ1n) is 5.68. The smallest absolute Gasteiger partial charge is 0.206 e. The average molecular weight is 195 g/mol. The topological polar surface area (TPSA) is 29.1 Å². The Hall–Kier alpha value is -0.465. The van der Waals surface area contributed by atoms with Crippen molar-refractivity contribution in [2.45, 2.75) is 64.2 Å². The van der Waals surface area contributed by atoms with Gasteiger partial charge in [-0.2, -0.15) is 0 Å². The summed E-state index contributed by atoms with van der Waals surface area (Å²) in [4.78, 5) is 10.4. The molecule has 0 bridgehead atoms. The zero-order valence-electron chi connectivity index (χ0n) is 9.51. The molecule has 0 heterocycles. The van der Waals surface area contributed by atoms with Crippen LogP contribution < -0.4 is 5.32 Å². The summed E-state index contributed by atoms with van der Waals surface area (Å²) in [6, 6.07) is 0. The molecule has 0 saturated carbocycles. The first-order chi connectivity index (χ1) is 6.68. The Morgan fingerprint density at radius 2 is 1.71 bits per heavy atom. The van der Waals surface area contributed by atoms with Crippen molar-refractivity contribution in [3.05, 3.63) is 0 Å². The van der Waals surface area contributed by atoms with Gasteiger partial charge in [-0.1, -0.05) is 46.0 Å². The van der Waals surface area contributed by atoms with E-state index in [1.807, 2.05) is 0 Å². The van der Waals surface area contributed by atoms with E-state index in [9.17, 15) is 4.79 Å². The SMILES string of the molecule is [B]C(CCCC)(CCCCC)NC=O. The largest absolute Gasteiger partial charge is 0.362 e. The first-order valence-corrected chi connectivity index (χ1v) is 5.68. The minimum absolute atomic E-state index is 0.465. The fourth-order valence-corrected chi connectivity index (χ4v) is 1.57. The lowest BCUT2D eigenvalue weighted by Gasteiger charge is -2.29. The second kappa shape index (κ2) is 7.89. The van der Waals surface area contributed by atoms with E-state index in [2.05, 4.69) is 19.2 Å². The molecule has 0 aliphatic carbocycles. The van der Waals surface area contributed by atoms with Crippen LogP contribution in [0.15, 0.2) is 0 Å². The van der Waals surface area contributed by atoms with Crippen LogP contribution in [0.25, 0.3) is 0 Å². The molecule has 0 aromatic heterocycles. The minimum atomic E-state index is -0.465. The molecule has 0 rings (SSSR count). The predicted molar refractivity (Wildman–Crippen MR) is 61.4 cm³/mol. The maximum atomic E-state index is 10.4. The first kappa shape index (κ1) is 13.5. The lowest BCUT2D eigenvalue weighted by molar-refractivity contribution is -0.110. The highest BCUT2D eigenvalue weighted by atomic mass is 16.1. The number of rotatable bonds is 9. The van der Waals surface area contributed by atoms with Crippen molar-refractivity contribution < 1.29 is 4.79 Å². The number of hydrogen-bond donors (Lipinski definition) is 1. The van der Waals surface area contributed by atoms with Crippen molar-refractivity contribution in [2.75, 3.05) is 0 Å². The summed E-state index contributed by atoms with van der Waals surface area (Å²) in [5.41, 5.74) is -0.465. The van der Waals surface area contributed by atoms with E-state index < -0.39 is 5.44 Å². The molecule has 3 heteroatoms. The van der Waals surface area contributed by atoms with Gasteiger partial charge >= 0.3 is 0 Å². The Kier molecular flexibility index (Phi) is 7.63. The highest BCUT2D eigenvalue weighted by Crippen LogP contribution is 2.18. The van der Waals surface area contributed by atoms with Gasteiger partial charge in [-0.05, 0) is 18.3 Å². The van der Waals surface area contributed by atoms with Gasteiger partial charge in [-0.3, -0.25) is 4.79 Å². The molecule has 2 radical (unpaired) electrons. The fourth-order valence-electron chi connectivity index (χ4n) is 1.57. The third kappa shape index (κ3) is 6.06. The van der Waals surface area contributed by atoms with Gasteiger partial charge in [-0.25, -0.2) is 0 Å². The third-order valence-corrected chi connectivity index (χ3v) is 2.55. The number of amides is 1. The monoisotopic (exact) mass is 195 g/mol. The van der Waals surface area contributed by atoms with E-state index in [1.54, 1.807) is 0 Å². The number of hydrogen-bond acceptors (Lipinski definition) is 1. The van der Waals surface area contributed by atoms with Crippen LogP contribution in [0.2, 0.25) is 0 Å². The Bertz CT molecular complexity index is 152. The number of carbonyl (C=O) groups excluding carboxylic acids is 1. The summed E-state index contributed by atoms with van der Waals surface area (Å²) < 4.78 is 0. The molecule has 1 unspecified atom stereocenters. The molecule has 0 saturated heterocycles. The molecule has 1 atom stereocenters. The van der Waals surface area contributed by atoms with Crippen LogP contribution in [-0.2, 0) is 4.79 Å². The molecular formula is C11H22BNO. The molecule has 0 aromatic carbocycles. The highest BCUT2D eigenvalue weighted by Gasteiger charge is 2.20. The predicted octanol–water partition coefficient (Wildman–Crippen LogP) is 2.37. The zero-order valence-corrected chi connectivity index (χ0v) is 9.51. The molecular weight excluding hydrogens is 173 g/mol. The molecule has 0 spiro atoms. The zero-order chi connectivity index (χ0) is 10.9. The maximum absolute atomic E-state index is 10.4. The summed E-state index contributed by atoms with van der Waals surface area (Å²) >= 11 is 0. The summed E-state index contributed by atoms with van der Waals surface area (Å²) in [6.07, 6.45) is 8.15. The van der Waals surface area contributed by atoms with Crippen LogP contribution in [-0.4, -0.2) is 19.7 Å². The highest BCUT2D eigenvalue weighted by molar-refractivity contribution is 6.16. The molecule has 80 valence electrons. The lowest BCUT2D eigenvalue weighted by atomic mass is 9.70. The van der Waals surface area contributed by atoms with Gasteiger partial charge in [0.15, 0.2) is 0 Å². The quantitative estimate of drug-likeness (QED) is 0.341. The van der Waals surface area contributed by atoms with E-state index >= 15 is 0 Å². The molecule has 0 fully saturated rings. The number of unbranched alkanes of at least 4 members (excludes halogenated alkanes) is 3. The van der Waals surface area contributed by atoms with Crippen LogP contribution in [0.5, 0.6) is 0 Å². The molecule has 1 N–H and O–H groups in total. The molecule has 1 amide bonds. The lowest BCUT2D eigenvalue weighted by Crippen LogP contribution is -2.45. The Labute approximate surface area is 89.3 Å². The van der Waals surface area contributed by atoms with Crippen LogP contribution in [0.4, 0.5) is 0 Å². The van der Waals surface area contributed by atoms with Crippen LogP contribution in [0.3, 0.4) is 0 Å². The van der Waals surface area contributed by atoms with Crippen LogP contribution in [0, 0.1) is 0 Å². The third-order valence-electron chi connectivity index (χ3n) is 2.55.